The van der Waals surface area contributed by atoms with Crippen molar-refractivity contribution in [1.29, 1.82) is 0 Å². The normalized spacial score (nSPS) is 25.5. The Morgan fingerprint density at radius 1 is 1.47 bits per heavy atom. The molecule has 0 aromatic heterocycles. The van der Waals surface area contributed by atoms with E-state index < -0.39 is 0 Å². The monoisotopic (exact) mass is 207 g/mol. The average Bonchev–Trinajstić information content (AvgIpc) is 2.66. The van der Waals surface area contributed by atoms with Crippen LogP contribution in [0.25, 0.3) is 0 Å². The minimum absolute atomic E-state index is 0.225. The van der Waals surface area contributed by atoms with E-state index in [1.165, 1.54) is 0 Å². The van der Waals surface area contributed by atoms with Crippen molar-refractivity contribution in [2.75, 3.05) is 13.2 Å². The minimum atomic E-state index is -0.232. The Hall–Kier alpha value is -1.06. The summed E-state index contributed by atoms with van der Waals surface area (Å²) in [7, 11) is 0. The van der Waals surface area contributed by atoms with Gasteiger partial charge >= 0.3 is 0 Å². The molecule has 0 radical (unpaired) electrons. The molecule has 0 saturated carbocycles. The SMILES string of the molecule is CCOc1ccccc1C1CC(O)CN1. The topological polar surface area (TPSA) is 41.5 Å². The molecule has 2 rings (SSSR count). The van der Waals surface area contributed by atoms with E-state index in [0.717, 1.165) is 17.7 Å². The van der Waals surface area contributed by atoms with Crippen LogP contribution < -0.4 is 10.1 Å². The molecule has 0 spiro atoms. The summed E-state index contributed by atoms with van der Waals surface area (Å²) in [5.41, 5.74) is 1.15. The molecule has 1 saturated heterocycles. The van der Waals surface area contributed by atoms with E-state index in [2.05, 4.69) is 11.4 Å². The number of para-hydroxylation sites is 1. The van der Waals surface area contributed by atoms with Crippen LogP contribution in [0.2, 0.25) is 0 Å². The Bertz CT molecular complexity index is 327. The first kappa shape index (κ1) is 10.5. The van der Waals surface area contributed by atoms with Crippen molar-refractivity contribution in [3.05, 3.63) is 29.8 Å². The first-order valence-electron chi connectivity index (χ1n) is 5.44. The van der Waals surface area contributed by atoms with E-state index in [1.54, 1.807) is 0 Å². The molecule has 1 aromatic rings. The Kier molecular flexibility index (Phi) is 3.23. The number of aliphatic hydroxyl groups excluding tert-OH is 1. The lowest BCUT2D eigenvalue weighted by Crippen LogP contribution is -2.15. The van der Waals surface area contributed by atoms with Crippen molar-refractivity contribution >= 4 is 0 Å². The number of hydrogen-bond acceptors (Lipinski definition) is 3. The number of aliphatic hydroxyl groups is 1. The quantitative estimate of drug-likeness (QED) is 0.789. The Balaban J connectivity index is 2.19. The maximum absolute atomic E-state index is 9.48. The van der Waals surface area contributed by atoms with Crippen molar-refractivity contribution < 1.29 is 9.84 Å². The highest BCUT2D eigenvalue weighted by molar-refractivity contribution is 5.36. The number of nitrogens with one attached hydrogen (secondary N) is 1. The smallest absolute Gasteiger partial charge is 0.124 e. The van der Waals surface area contributed by atoms with Gasteiger partial charge < -0.3 is 15.2 Å². The molecule has 1 heterocycles. The van der Waals surface area contributed by atoms with Crippen LogP contribution in [0.15, 0.2) is 24.3 Å². The van der Waals surface area contributed by atoms with Gasteiger partial charge in [-0.25, -0.2) is 0 Å². The maximum Gasteiger partial charge on any atom is 0.124 e. The lowest BCUT2D eigenvalue weighted by molar-refractivity contribution is 0.193. The summed E-state index contributed by atoms with van der Waals surface area (Å²) in [6.45, 7) is 3.32. The molecule has 2 unspecified atom stereocenters. The van der Waals surface area contributed by atoms with Crippen molar-refractivity contribution in [3.8, 4) is 5.75 Å². The summed E-state index contributed by atoms with van der Waals surface area (Å²) in [6.07, 6.45) is 0.536. The van der Waals surface area contributed by atoms with Crippen molar-refractivity contribution in [2.24, 2.45) is 0 Å². The van der Waals surface area contributed by atoms with Crippen LogP contribution in [0.3, 0.4) is 0 Å². The highest BCUT2D eigenvalue weighted by atomic mass is 16.5. The van der Waals surface area contributed by atoms with Gasteiger partial charge in [0.25, 0.3) is 0 Å². The van der Waals surface area contributed by atoms with Crippen LogP contribution in [0.5, 0.6) is 5.75 Å². The van der Waals surface area contributed by atoms with Gasteiger partial charge in [0.15, 0.2) is 0 Å². The van der Waals surface area contributed by atoms with Crippen LogP contribution in [0.4, 0.5) is 0 Å². The summed E-state index contributed by atoms with van der Waals surface area (Å²) < 4.78 is 5.56. The largest absolute Gasteiger partial charge is 0.494 e. The molecule has 1 aromatic carbocycles. The zero-order valence-corrected chi connectivity index (χ0v) is 8.94. The Morgan fingerprint density at radius 3 is 2.93 bits per heavy atom. The van der Waals surface area contributed by atoms with Gasteiger partial charge in [-0.15, -0.1) is 0 Å². The molecule has 1 aliphatic rings. The van der Waals surface area contributed by atoms with Crippen molar-refractivity contribution in [2.45, 2.75) is 25.5 Å². The molecule has 2 atom stereocenters. The summed E-state index contributed by atoms with van der Waals surface area (Å²) in [5, 5.41) is 12.8. The fourth-order valence-corrected chi connectivity index (χ4v) is 2.01. The molecule has 3 heteroatoms. The van der Waals surface area contributed by atoms with E-state index >= 15 is 0 Å². The van der Waals surface area contributed by atoms with Gasteiger partial charge in [-0.1, -0.05) is 18.2 Å². The average molecular weight is 207 g/mol. The summed E-state index contributed by atoms with van der Waals surface area (Å²) >= 11 is 0. The van der Waals surface area contributed by atoms with Gasteiger partial charge in [0, 0.05) is 18.2 Å². The Labute approximate surface area is 90.1 Å². The van der Waals surface area contributed by atoms with E-state index in [-0.39, 0.29) is 12.1 Å². The third kappa shape index (κ3) is 2.30. The lowest BCUT2D eigenvalue weighted by Gasteiger charge is -2.15. The molecular formula is C12H17NO2. The zero-order valence-electron chi connectivity index (χ0n) is 8.94. The number of ether oxygens (including phenoxy) is 1. The highest BCUT2D eigenvalue weighted by Crippen LogP contribution is 2.30. The van der Waals surface area contributed by atoms with E-state index in [4.69, 9.17) is 4.74 Å². The van der Waals surface area contributed by atoms with Gasteiger partial charge in [-0.05, 0) is 19.4 Å². The molecule has 3 nitrogen and oxygen atoms in total. The molecule has 1 aliphatic heterocycles. The molecule has 0 aliphatic carbocycles. The first-order valence-corrected chi connectivity index (χ1v) is 5.44. The van der Waals surface area contributed by atoms with Crippen molar-refractivity contribution in [3.63, 3.8) is 0 Å². The minimum Gasteiger partial charge on any atom is -0.494 e. The molecular weight excluding hydrogens is 190 g/mol. The molecule has 1 fully saturated rings. The van der Waals surface area contributed by atoms with Crippen molar-refractivity contribution in [1.82, 2.24) is 5.32 Å². The second-order valence-corrected chi connectivity index (χ2v) is 3.82. The predicted molar refractivity (Wildman–Crippen MR) is 59.0 cm³/mol. The molecule has 0 bridgehead atoms. The van der Waals surface area contributed by atoms with Crippen LogP contribution >= 0.6 is 0 Å². The molecule has 0 amide bonds. The molecule has 2 N–H and O–H groups in total. The van der Waals surface area contributed by atoms with Gasteiger partial charge in [-0.2, -0.15) is 0 Å². The van der Waals surface area contributed by atoms with Crippen LogP contribution in [-0.2, 0) is 0 Å². The van der Waals surface area contributed by atoms with E-state index in [9.17, 15) is 5.11 Å². The number of rotatable bonds is 3. The lowest BCUT2D eigenvalue weighted by atomic mass is 10.0. The second kappa shape index (κ2) is 4.64. The summed E-state index contributed by atoms with van der Waals surface area (Å²) in [6, 6.07) is 8.23. The van der Waals surface area contributed by atoms with Gasteiger partial charge in [-0.3, -0.25) is 0 Å². The number of β-amino-alcohol motifs (C(OH)–C–C–N with tert-alkyl or cyclic N) is 1. The zero-order chi connectivity index (χ0) is 10.7. The Morgan fingerprint density at radius 2 is 2.27 bits per heavy atom. The summed E-state index contributed by atoms with van der Waals surface area (Å²) in [5.74, 6) is 0.923. The fraction of sp³-hybridized carbons (Fsp3) is 0.500. The highest BCUT2D eigenvalue weighted by Gasteiger charge is 2.25. The van der Waals surface area contributed by atoms with E-state index in [1.807, 2.05) is 25.1 Å². The predicted octanol–water partition coefficient (Wildman–Crippen LogP) is 1.48. The third-order valence-corrected chi connectivity index (χ3v) is 2.70. The van der Waals surface area contributed by atoms with Gasteiger partial charge in [0.1, 0.15) is 5.75 Å². The van der Waals surface area contributed by atoms with Crippen LogP contribution in [0, 0.1) is 0 Å². The summed E-state index contributed by atoms with van der Waals surface area (Å²) in [4.78, 5) is 0. The molecule has 15 heavy (non-hydrogen) atoms. The van der Waals surface area contributed by atoms with Crippen LogP contribution in [0.1, 0.15) is 24.9 Å². The van der Waals surface area contributed by atoms with Gasteiger partial charge in [0.05, 0.1) is 12.7 Å². The number of hydrogen-bond donors (Lipinski definition) is 2. The maximum atomic E-state index is 9.48. The third-order valence-electron chi connectivity index (χ3n) is 2.70. The molecule has 82 valence electrons. The number of benzene rings is 1. The van der Waals surface area contributed by atoms with Gasteiger partial charge in [0.2, 0.25) is 0 Å². The standard InChI is InChI=1S/C12H17NO2/c1-2-15-12-6-4-3-5-10(12)11-7-9(14)8-13-11/h3-6,9,11,13-14H,2,7-8H2,1H3. The first-order chi connectivity index (χ1) is 7.31. The van der Waals surface area contributed by atoms with Crippen LogP contribution in [-0.4, -0.2) is 24.4 Å². The second-order valence-electron chi connectivity index (χ2n) is 3.82. The van der Waals surface area contributed by atoms with E-state index in [0.29, 0.717) is 13.2 Å². The fourth-order valence-electron chi connectivity index (χ4n) is 2.01.